The highest BCUT2D eigenvalue weighted by molar-refractivity contribution is 7.09. The van der Waals surface area contributed by atoms with Gasteiger partial charge in [0.25, 0.3) is 0 Å². The standard InChI is InChI=1S/C15H11ClN2O3S/c1-9-8-22-14(18-9)11(6-17)13(19)7-21-15(20)10-4-2-3-5-12(10)16/h2-5,8,11H,7H2,1H3/t11-/m0/s1. The third-order valence-electron chi connectivity index (χ3n) is 2.77. The molecule has 1 atom stereocenters. The zero-order valence-electron chi connectivity index (χ0n) is 11.6. The van der Waals surface area contributed by atoms with Crippen LogP contribution in [0.15, 0.2) is 29.6 Å². The number of esters is 1. The molecule has 1 heterocycles. The Bertz CT molecular complexity index is 751. The van der Waals surface area contributed by atoms with Gasteiger partial charge in [0.1, 0.15) is 5.01 Å². The Morgan fingerprint density at radius 3 is 2.77 bits per heavy atom. The van der Waals surface area contributed by atoms with E-state index in [9.17, 15) is 9.59 Å². The summed E-state index contributed by atoms with van der Waals surface area (Å²) >= 11 is 7.10. The fourth-order valence-corrected chi connectivity index (χ4v) is 2.77. The fourth-order valence-electron chi connectivity index (χ4n) is 1.69. The molecular weight excluding hydrogens is 324 g/mol. The van der Waals surface area contributed by atoms with Crippen molar-refractivity contribution in [1.29, 1.82) is 5.26 Å². The summed E-state index contributed by atoms with van der Waals surface area (Å²) in [5.41, 5.74) is 0.914. The maximum Gasteiger partial charge on any atom is 0.340 e. The summed E-state index contributed by atoms with van der Waals surface area (Å²) in [6.45, 7) is 1.28. The second-order valence-corrected chi connectivity index (χ2v) is 5.71. The molecule has 0 saturated heterocycles. The zero-order chi connectivity index (χ0) is 16.1. The molecule has 0 aliphatic rings. The molecule has 2 rings (SSSR count). The molecule has 1 aromatic carbocycles. The number of thiazole rings is 1. The quantitative estimate of drug-likeness (QED) is 0.785. The third-order valence-corrected chi connectivity index (χ3v) is 4.13. The number of nitrogens with zero attached hydrogens (tertiary/aromatic N) is 2. The van der Waals surface area contributed by atoms with Crippen molar-refractivity contribution in [3.63, 3.8) is 0 Å². The number of benzene rings is 1. The van der Waals surface area contributed by atoms with Crippen molar-refractivity contribution >= 4 is 34.7 Å². The van der Waals surface area contributed by atoms with Crippen LogP contribution in [0.2, 0.25) is 5.02 Å². The molecule has 1 aromatic heterocycles. The molecule has 7 heteroatoms. The number of Topliss-reactive ketones (excluding diaryl/α,β-unsaturated/α-hetero) is 1. The first-order valence-corrected chi connectivity index (χ1v) is 7.54. The summed E-state index contributed by atoms with van der Waals surface area (Å²) in [7, 11) is 0. The molecule has 0 unspecified atom stereocenters. The van der Waals surface area contributed by atoms with Crippen molar-refractivity contribution in [1.82, 2.24) is 4.98 Å². The van der Waals surface area contributed by atoms with Gasteiger partial charge in [0.2, 0.25) is 0 Å². The van der Waals surface area contributed by atoms with Crippen LogP contribution in [-0.4, -0.2) is 23.3 Å². The van der Waals surface area contributed by atoms with Crippen molar-refractivity contribution in [3.8, 4) is 6.07 Å². The van der Waals surface area contributed by atoms with Gasteiger partial charge in [-0.25, -0.2) is 9.78 Å². The lowest BCUT2D eigenvalue weighted by molar-refractivity contribution is -0.122. The molecule has 0 spiro atoms. The number of aromatic nitrogens is 1. The van der Waals surface area contributed by atoms with E-state index in [2.05, 4.69) is 4.98 Å². The molecule has 0 radical (unpaired) electrons. The maximum absolute atomic E-state index is 12.0. The second kappa shape index (κ2) is 7.16. The molecule has 112 valence electrons. The van der Waals surface area contributed by atoms with Crippen LogP contribution in [0.25, 0.3) is 0 Å². The van der Waals surface area contributed by atoms with Crippen LogP contribution in [0, 0.1) is 18.3 Å². The maximum atomic E-state index is 12.0. The molecule has 0 aliphatic carbocycles. The molecule has 0 aliphatic heterocycles. The largest absolute Gasteiger partial charge is 0.454 e. The predicted molar refractivity (Wildman–Crippen MR) is 81.9 cm³/mol. The monoisotopic (exact) mass is 334 g/mol. The lowest BCUT2D eigenvalue weighted by atomic mass is 10.1. The Morgan fingerprint density at radius 1 is 1.45 bits per heavy atom. The van der Waals surface area contributed by atoms with Gasteiger partial charge in [-0.3, -0.25) is 4.79 Å². The summed E-state index contributed by atoms with van der Waals surface area (Å²) < 4.78 is 4.93. The van der Waals surface area contributed by atoms with Gasteiger partial charge in [-0.15, -0.1) is 11.3 Å². The first-order valence-electron chi connectivity index (χ1n) is 6.29. The van der Waals surface area contributed by atoms with E-state index in [-0.39, 0.29) is 10.6 Å². The number of carbonyl (C=O) groups excluding carboxylic acids is 2. The number of hydrogen-bond acceptors (Lipinski definition) is 6. The van der Waals surface area contributed by atoms with Crippen LogP contribution in [-0.2, 0) is 9.53 Å². The van der Waals surface area contributed by atoms with E-state index in [0.717, 1.165) is 5.69 Å². The van der Waals surface area contributed by atoms with E-state index in [1.807, 2.05) is 6.07 Å². The number of nitriles is 1. The lowest BCUT2D eigenvalue weighted by Crippen LogP contribution is -2.20. The topological polar surface area (TPSA) is 80.0 Å². The van der Waals surface area contributed by atoms with E-state index < -0.39 is 24.3 Å². The molecule has 0 bridgehead atoms. The van der Waals surface area contributed by atoms with Crippen molar-refractivity contribution in [2.45, 2.75) is 12.8 Å². The molecule has 0 N–H and O–H groups in total. The van der Waals surface area contributed by atoms with Crippen LogP contribution >= 0.6 is 22.9 Å². The molecule has 0 amide bonds. The van der Waals surface area contributed by atoms with Gasteiger partial charge in [-0.1, -0.05) is 23.7 Å². The van der Waals surface area contributed by atoms with E-state index >= 15 is 0 Å². The van der Waals surface area contributed by atoms with Gasteiger partial charge >= 0.3 is 5.97 Å². The summed E-state index contributed by atoms with van der Waals surface area (Å²) in [5.74, 6) is -2.25. The Labute approximate surface area is 136 Å². The molecule has 0 fully saturated rings. The van der Waals surface area contributed by atoms with E-state index in [4.69, 9.17) is 21.6 Å². The Kier molecular flexibility index (Phi) is 5.26. The van der Waals surface area contributed by atoms with Gasteiger partial charge in [-0.2, -0.15) is 5.26 Å². The number of aryl methyl sites for hydroxylation is 1. The van der Waals surface area contributed by atoms with Crippen LogP contribution in [0.4, 0.5) is 0 Å². The Balaban J connectivity index is 2.02. The highest BCUT2D eigenvalue weighted by atomic mass is 35.5. The molecule has 5 nitrogen and oxygen atoms in total. The fraction of sp³-hybridized carbons (Fsp3) is 0.200. The number of halogens is 1. The lowest BCUT2D eigenvalue weighted by Gasteiger charge is -2.07. The smallest absolute Gasteiger partial charge is 0.340 e. The van der Waals surface area contributed by atoms with Gasteiger partial charge in [-0.05, 0) is 19.1 Å². The molecule has 22 heavy (non-hydrogen) atoms. The number of hydrogen-bond donors (Lipinski definition) is 0. The first-order chi connectivity index (χ1) is 10.5. The van der Waals surface area contributed by atoms with Crippen molar-refractivity contribution in [3.05, 3.63) is 50.9 Å². The average molecular weight is 335 g/mol. The van der Waals surface area contributed by atoms with Crippen LogP contribution < -0.4 is 0 Å². The Morgan fingerprint density at radius 2 is 2.18 bits per heavy atom. The Hall–Kier alpha value is -2.23. The van der Waals surface area contributed by atoms with E-state index in [1.54, 1.807) is 30.5 Å². The highest BCUT2D eigenvalue weighted by Gasteiger charge is 2.25. The number of ketones is 1. The SMILES string of the molecule is Cc1csc([C@@H](C#N)C(=O)COC(=O)c2ccccc2Cl)n1. The van der Waals surface area contributed by atoms with Crippen LogP contribution in [0.3, 0.4) is 0 Å². The van der Waals surface area contributed by atoms with E-state index in [1.165, 1.54) is 17.4 Å². The van der Waals surface area contributed by atoms with E-state index in [0.29, 0.717) is 5.01 Å². The summed E-state index contributed by atoms with van der Waals surface area (Å²) in [6.07, 6.45) is 0. The normalized spacial score (nSPS) is 11.5. The second-order valence-electron chi connectivity index (χ2n) is 4.41. The molecular formula is C15H11ClN2O3S. The van der Waals surface area contributed by atoms with Crippen molar-refractivity contribution in [2.24, 2.45) is 0 Å². The molecule has 2 aromatic rings. The summed E-state index contributed by atoms with van der Waals surface area (Å²) in [5, 5.41) is 11.5. The number of ether oxygens (including phenoxy) is 1. The third kappa shape index (κ3) is 3.70. The van der Waals surface area contributed by atoms with Gasteiger partial charge < -0.3 is 4.74 Å². The van der Waals surface area contributed by atoms with Gasteiger partial charge in [0.15, 0.2) is 18.3 Å². The number of rotatable bonds is 5. The van der Waals surface area contributed by atoms with Crippen LogP contribution in [0.5, 0.6) is 0 Å². The van der Waals surface area contributed by atoms with Gasteiger partial charge in [0.05, 0.1) is 16.7 Å². The first kappa shape index (κ1) is 16.1. The minimum absolute atomic E-state index is 0.176. The van der Waals surface area contributed by atoms with Gasteiger partial charge in [0, 0.05) is 11.1 Å². The average Bonchev–Trinajstić information content (AvgIpc) is 2.92. The summed E-state index contributed by atoms with van der Waals surface area (Å²) in [4.78, 5) is 28.0. The van der Waals surface area contributed by atoms with Crippen molar-refractivity contribution in [2.75, 3.05) is 6.61 Å². The number of carbonyl (C=O) groups is 2. The zero-order valence-corrected chi connectivity index (χ0v) is 13.1. The van der Waals surface area contributed by atoms with Crippen molar-refractivity contribution < 1.29 is 14.3 Å². The minimum atomic E-state index is -1.03. The predicted octanol–water partition coefficient (Wildman–Crippen LogP) is 3.14. The summed E-state index contributed by atoms with van der Waals surface area (Å²) in [6, 6.07) is 8.26. The highest BCUT2D eigenvalue weighted by Crippen LogP contribution is 2.21. The van der Waals surface area contributed by atoms with Crippen LogP contribution in [0.1, 0.15) is 27.0 Å². The minimum Gasteiger partial charge on any atom is -0.454 e. The molecule has 0 saturated carbocycles.